The molecule has 3 heteroatoms. The van der Waals surface area contributed by atoms with Crippen LogP contribution in [0.2, 0.25) is 0 Å². The van der Waals surface area contributed by atoms with Gasteiger partial charge in [0, 0.05) is 0 Å². The average Bonchev–Trinajstić information content (AvgIpc) is 2.50. The summed E-state index contributed by atoms with van der Waals surface area (Å²) in [7, 11) is 1.69. The fraction of sp³-hybridized carbons (Fsp3) is 0.833. The largest absolute Gasteiger partial charge is 0.480 e. The van der Waals surface area contributed by atoms with E-state index in [1.54, 1.807) is 7.05 Å². The Bertz CT molecular complexity index is 120. The summed E-state index contributed by atoms with van der Waals surface area (Å²) in [6, 6.07) is -0.301. The molecule has 1 saturated carbocycles. The van der Waals surface area contributed by atoms with Crippen molar-refractivity contribution in [2.45, 2.75) is 18.9 Å². The zero-order valence-corrected chi connectivity index (χ0v) is 5.42. The Labute approximate surface area is 54.1 Å². The fourth-order valence-corrected chi connectivity index (χ4v) is 0.990. The van der Waals surface area contributed by atoms with Gasteiger partial charge in [0.15, 0.2) is 0 Å². The van der Waals surface area contributed by atoms with Crippen LogP contribution in [-0.2, 0) is 4.79 Å². The molecule has 0 saturated heterocycles. The number of carbonyl (C=O) groups is 1. The van der Waals surface area contributed by atoms with E-state index in [9.17, 15) is 4.79 Å². The number of nitrogens with one attached hydrogen (secondary N) is 1. The number of carboxylic acids is 1. The molecule has 3 nitrogen and oxygen atoms in total. The highest BCUT2D eigenvalue weighted by atomic mass is 16.4. The summed E-state index contributed by atoms with van der Waals surface area (Å²) in [6.07, 6.45) is 2.13. The molecule has 1 aliphatic rings. The Hall–Kier alpha value is -0.570. The predicted molar refractivity (Wildman–Crippen MR) is 33.2 cm³/mol. The molecule has 0 spiro atoms. The Morgan fingerprint density at radius 2 is 2.33 bits per heavy atom. The van der Waals surface area contributed by atoms with Crippen molar-refractivity contribution in [2.75, 3.05) is 7.05 Å². The van der Waals surface area contributed by atoms with Crippen molar-refractivity contribution in [3.63, 3.8) is 0 Å². The third kappa shape index (κ3) is 1.42. The molecule has 9 heavy (non-hydrogen) atoms. The Balaban J connectivity index is 2.37. The van der Waals surface area contributed by atoms with Crippen molar-refractivity contribution < 1.29 is 9.90 Å². The van der Waals surface area contributed by atoms with E-state index in [2.05, 4.69) is 5.32 Å². The highest BCUT2D eigenvalue weighted by molar-refractivity contribution is 5.74. The first-order valence-electron chi connectivity index (χ1n) is 3.15. The molecule has 1 atom stereocenters. The molecular weight excluding hydrogens is 118 g/mol. The molecule has 0 aliphatic heterocycles. The van der Waals surface area contributed by atoms with E-state index >= 15 is 0 Å². The van der Waals surface area contributed by atoms with Gasteiger partial charge in [0.25, 0.3) is 0 Å². The molecule has 52 valence electrons. The van der Waals surface area contributed by atoms with E-state index in [0.717, 1.165) is 12.8 Å². The van der Waals surface area contributed by atoms with Gasteiger partial charge in [-0.1, -0.05) is 0 Å². The second-order valence-corrected chi connectivity index (χ2v) is 2.44. The van der Waals surface area contributed by atoms with Crippen LogP contribution in [-0.4, -0.2) is 24.2 Å². The quantitative estimate of drug-likeness (QED) is 0.567. The van der Waals surface area contributed by atoms with Crippen LogP contribution in [0.5, 0.6) is 0 Å². The average molecular weight is 129 g/mol. The smallest absolute Gasteiger partial charge is 0.320 e. The van der Waals surface area contributed by atoms with Crippen molar-refractivity contribution >= 4 is 5.97 Å². The lowest BCUT2D eigenvalue weighted by molar-refractivity contribution is -0.139. The van der Waals surface area contributed by atoms with Crippen LogP contribution < -0.4 is 5.32 Å². The van der Waals surface area contributed by atoms with E-state index in [1.807, 2.05) is 0 Å². The van der Waals surface area contributed by atoms with Crippen molar-refractivity contribution in [1.82, 2.24) is 5.32 Å². The first kappa shape index (κ1) is 6.55. The normalized spacial score (nSPS) is 21.4. The molecule has 0 amide bonds. The number of carboxylic acid groups (broad SMARTS) is 1. The second-order valence-electron chi connectivity index (χ2n) is 2.44. The highest BCUT2D eigenvalue weighted by Crippen LogP contribution is 2.32. The first-order chi connectivity index (χ1) is 4.25. The molecule has 0 radical (unpaired) electrons. The highest BCUT2D eigenvalue weighted by Gasteiger charge is 2.34. The lowest BCUT2D eigenvalue weighted by atomic mass is 10.2. The topological polar surface area (TPSA) is 49.3 Å². The number of rotatable bonds is 3. The lowest BCUT2D eigenvalue weighted by Crippen LogP contribution is -2.35. The SMILES string of the molecule is CNC(C(=O)O)C1CC1. The minimum atomic E-state index is -0.722. The van der Waals surface area contributed by atoms with Crippen molar-refractivity contribution in [2.24, 2.45) is 5.92 Å². The number of likely N-dealkylation sites (N-methyl/N-ethyl adjacent to an activating group) is 1. The zero-order valence-electron chi connectivity index (χ0n) is 5.42. The van der Waals surface area contributed by atoms with E-state index in [0.29, 0.717) is 5.92 Å². The molecule has 0 aromatic rings. The van der Waals surface area contributed by atoms with Gasteiger partial charge in [-0.3, -0.25) is 4.79 Å². The van der Waals surface area contributed by atoms with Gasteiger partial charge in [0.05, 0.1) is 0 Å². The van der Waals surface area contributed by atoms with E-state index in [4.69, 9.17) is 5.11 Å². The lowest BCUT2D eigenvalue weighted by Gasteiger charge is -2.07. The molecule has 1 unspecified atom stereocenters. The summed E-state index contributed by atoms with van der Waals surface area (Å²) in [5.74, 6) is -0.326. The maximum Gasteiger partial charge on any atom is 0.320 e. The second kappa shape index (κ2) is 2.35. The minimum absolute atomic E-state index is 0.301. The monoisotopic (exact) mass is 129 g/mol. The third-order valence-electron chi connectivity index (χ3n) is 1.67. The summed E-state index contributed by atoms with van der Waals surface area (Å²) < 4.78 is 0. The summed E-state index contributed by atoms with van der Waals surface area (Å²) >= 11 is 0. The fourth-order valence-electron chi connectivity index (χ4n) is 0.990. The standard InChI is InChI=1S/C6H11NO2/c1-7-5(6(8)9)4-2-3-4/h4-5,7H,2-3H2,1H3,(H,8,9). The Kier molecular flexibility index (Phi) is 1.71. The van der Waals surface area contributed by atoms with Gasteiger partial charge in [-0.25, -0.2) is 0 Å². The molecule has 1 fully saturated rings. The van der Waals surface area contributed by atoms with Gasteiger partial charge in [-0.15, -0.1) is 0 Å². The van der Waals surface area contributed by atoms with E-state index in [1.165, 1.54) is 0 Å². The first-order valence-corrected chi connectivity index (χ1v) is 3.15. The molecule has 0 heterocycles. The van der Waals surface area contributed by atoms with Crippen molar-refractivity contribution in [3.8, 4) is 0 Å². The Morgan fingerprint density at radius 3 is 2.44 bits per heavy atom. The van der Waals surface area contributed by atoms with E-state index in [-0.39, 0.29) is 6.04 Å². The third-order valence-corrected chi connectivity index (χ3v) is 1.67. The molecular formula is C6H11NO2. The molecule has 0 aromatic carbocycles. The maximum atomic E-state index is 10.3. The van der Waals surface area contributed by atoms with Crippen LogP contribution in [0.1, 0.15) is 12.8 Å². The summed E-state index contributed by atoms with van der Waals surface area (Å²) in [5.41, 5.74) is 0. The molecule has 0 bridgehead atoms. The van der Waals surface area contributed by atoms with Crippen LogP contribution in [0.15, 0.2) is 0 Å². The van der Waals surface area contributed by atoms with Crippen molar-refractivity contribution in [1.29, 1.82) is 0 Å². The van der Waals surface area contributed by atoms with Crippen LogP contribution >= 0.6 is 0 Å². The predicted octanol–water partition coefficient (Wildman–Crippen LogP) is 0.0690. The number of aliphatic carboxylic acids is 1. The van der Waals surface area contributed by atoms with Crippen LogP contribution in [0.4, 0.5) is 0 Å². The minimum Gasteiger partial charge on any atom is -0.480 e. The van der Waals surface area contributed by atoms with Crippen LogP contribution in [0.3, 0.4) is 0 Å². The summed E-state index contributed by atoms with van der Waals surface area (Å²) in [4.78, 5) is 10.3. The molecule has 1 rings (SSSR count). The van der Waals surface area contributed by atoms with Gasteiger partial charge < -0.3 is 10.4 Å². The molecule has 1 aliphatic carbocycles. The zero-order chi connectivity index (χ0) is 6.85. The van der Waals surface area contributed by atoms with Gasteiger partial charge in [0.2, 0.25) is 0 Å². The maximum absolute atomic E-state index is 10.3. The Morgan fingerprint density at radius 1 is 1.78 bits per heavy atom. The van der Waals surface area contributed by atoms with Crippen molar-refractivity contribution in [3.05, 3.63) is 0 Å². The number of hydrogen-bond acceptors (Lipinski definition) is 2. The summed E-state index contributed by atoms with van der Waals surface area (Å²) in [6.45, 7) is 0. The van der Waals surface area contributed by atoms with E-state index < -0.39 is 5.97 Å². The van der Waals surface area contributed by atoms with Gasteiger partial charge in [-0.05, 0) is 25.8 Å². The van der Waals surface area contributed by atoms with Crippen LogP contribution in [0, 0.1) is 5.92 Å². The van der Waals surface area contributed by atoms with Gasteiger partial charge in [-0.2, -0.15) is 0 Å². The molecule has 2 N–H and O–H groups in total. The van der Waals surface area contributed by atoms with Crippen LogP contribution in [0.25, 0.3) is 0 Å². The van der Waals surface area contributed by atoms with Gasteiger partial charge >= 0.3 is 5.97 Å². The van der Waals surface area contributed by atoms with Gasteiger partial charge in [0.1, 0.15) is 6.04 Å². The summed E-state index contributed by atoms with van der Waals surface area (Å²) in [5, 5.41) is 11.3. The number of hydrogen-bond donors (Lipinski definition) is 2. The molecule has 0 aromatic heterocycles.